The van der Waals surface area contributed by atoms with Gasteiger partial charge in [0.2, 0.25) is 0 Å². The van der Waals surface area contributed by atoms with Crippen LogP contribution in [0.3, 0.4) is 0 Å². The zero-order chi connectivity index (χ0) is 24.0. The molecule has 2 aliphatic rings. The fourth-order valence-electron chi connectivity index (χ4n) is 5.36. The average Bonchev–Trinajstić information content (AvgIpc) is 2.83. The summed E-state index contributed by atoms with van der Waals surface area (Å²) in [5.41, 5.74) is 4.32. The molecule has 1 fully saturated rings. The van der Waals surface area contributed by atoms with Crippen LogP contribution in [0.15, 0.2) is 42.5 Å². The number of hydrogen-bond acceptors (Lipinski definition) is 4. The van der Waals surface area contributed by atoms with Gasteiger partial charge in [-0.05, 0) is 63.8 Å². The maximum Gasteiger partial charge on any atom is 0.254 e. The Bertz CT molecular complexity index is 945. The Morgan fingerprint density at radius 1 is 0.882 bits per heavy atom. The summed E-state index contributed by atoms with van der Waals surface area (Å²) in [4.78, 5) is 17.7. The largest absolute Gasteiger partial charge is 0.493 e. The third-order valence-corrected chi connectivity index (χ3v) is 7.62. The Kier molecular flexibility index (Phi) is 8.28. The number of amides is 1. The molecular formula is C29H40N2O3. The molecule has 5 heteroatoms. The lowest BCUT2D eigenvalue weighted by Crippen LogP contribution is -2.46. The number of likely N-dealkylation sites (N-methyl/N-ethyl adjacent to an activating group) is 1. The zero-order valence-electron chi connectivity index (χ0n) is 21.1. The van der Waals surface area contributed by atoms with Crippen molar-refractivity contribution in [3.63, 3.8) is 0 Å². The van der Waals surface area contributed by atoms with E-state index in [1.807, 2.05) is 32.0 Å². The summed E-state index contributed by atoms with van der Waals surface area (Å²) < 4.78 is 12.4. The first-order chi connectivity index (χ1) is 16.5. The molecule has 34 heavy (non-hydrogen) atoms. The molecule has 0 aliphatic carbocycles. The lowest BCUT2D eigenvalue weighted by Gasteiger charge is -2.42. The van der Waals surface area contributed by atoms with Crippen molar-refractivity contribution in [1.29, 1.82) is 0 Å². The Morgan fingerprint density at radius 2 is 1.62 bits per heavy atom. The quantitative estimate of drug-likeness (QED) is 0.579. The van der Waals surface area contributed by atoms with Crippen LogP contribution in [0.1, 0.15) is 59.2 Å². The summed E-state index contributed by atoms with van der Waals surface area (Å²) in [6.07, 6.45) is 5.28. The Hall–Kier alpha value is -2.37. The van der Waals surface area contributed by atoms with E-state index < -0.39 is 0 Å². The third kappa shape index (κ3) is 6.00. The van der Waals surface area contributed by atoms with E-state index in [0.29, 0.717) is 6.61 Å². The van der Waals surface area contributed by atoms with Crippen LogP contribution < -0.4 is 4.74 Å². The van der Waals surface area contributed by atoms with Gasteiger partial charge in [-0.2, -0.15) is 0 Å². The van der Waals surface area contributed by atoms with E-state index in [0.717, 1.165) is 93.9 Å². The molecule has 184 valence electrons. The van der Waals surface area contributed by atoms with Crippen molar-refractivity contribution >= 4 is 5.91 Å². The second-order valence-corrected chi connectivity index (χ2v) is 10.3. The third-order valence-electron chi connectivity index (χ3n) is 7.62. The van der Waals surface area contributed by atoms with Crippen LogP contribution in [0.5, 0.6) is 5.75 Å². The number of likely N-dealkylation sites (tertiary alicyclic amines) is 1. The van der Waals surface area contributed by atoms with Gasteiger partial charge in [0.15, 0.2) is 0 Å². The van der Waals surface area contributed by atoms with Crippen molar-refractivity contribution in [2.24, 2.45) is 5.41 Å². The molecule has 2 aromatic rings. The first-order valence-corrected chi connectivity index (χ1v) is 12.8. The number of benzene rings is 2. The summed E-state index contributed by atoms with van der Waals surface area (Å²) in [7, 11) is 2.14. The summed E-state index contributed by atoms with van der Waals surface area (Å²) in [6, 6.07) is 14.5. The number of rotatable bonds is 1. The minimum absolute atomic E-state index is 0.0979. The van der Waals surface area contributed by atoms with E-state index >= 15 is 0 Å². The molecule has 0 unspecified atom stereocenters. The minimum Gasteiger partial charge on any atom is -0.493 e. The highest BCUT2D eigenvalue weighted by Crippen LogP contribution is 2.38. The molecule has 1 amide bonds. The monoisotopic (exact) mass is 464 g/mol. The van der Waals surface area contributed by atoms with Gasteiger partial charge in [-0.15, -0.1) is 0 Å². The first kappa shape index (κ1) is 24.7. The van der Waals surface area contributed by atoms with Crippen LogP contribution in [-0.4, -0.2) is 62.2 Å². The predicted octanol–water partition coefficient (Wildman–Crippen LogP) is 5.24. The average molecular weight is 465 g/mol. The predicted molar refractivity (Wildman–Crippen MR) is 136 cm³/mol. The topological polar surface area (TPSA) is 42.0 Å². The van der Waals surface area contributed by atoms with Crippen LogP contribution >= 0.6 is 0 Å². The highest BCUT2D eigenvalue weighted by molar-refractivity contribution is 5.97. The molecule has 2 heterocycles. The Balaban J connectivity index is 1.48. The van der Waals surface area contributed by atoms with Crippen LogP contribution in [0.4, 0.5) is 0 Å². The number of carbonyl (C=O) groups excluding carboxylic acids is 1. The Labute approximate surface area is 205 Å². The van der Waals surface area contributed by atoms with Crippen molar-refractivity contribution in [1.82, 2.24) is 9.80 Å². The second-order valence-electron chi connectivity index (χ2n) is 10.3. The number of carbonyl (C=O) groups is 1. The minimum atomic E-state index is 0.0979. The molecule has 2 aromatic carbocycles. The molecule has 0 atom stereocenters. The van der Waals surface area contributed by atoms with E-state index in [9.17, 15) is 4.79 Å². The number of piperidine rings is 1. The summed E-state index contributed by atoms with van der Waals surface area (Å²) in [5.74, 6) is 1.16. The van der Waals surface area contributed by atoms with E-state index in [4.69, 9.17) is 9.47 Å². The smallest absolute Gasteiger partial charge is 0.254 e. The number of nitrogens with zero attached hydrogens (tertiary/aromatic N) is 2. The summed E-state index contributed by atoms with van der Waals surface area (Å²) in [5, 5.41) is 0. The van der Waals surface area contributed by atoms with Crippen molar-refractivity contribution in [3.05, 3.63) is 64.7 Å². The first-order valence-electron chi connectivity index (χ1n) is 12.8. The summed E-state index contributed by atoms with van der Waals surface area (Å²) in [6.45, 7) is 9.71. The van der Waals surface area contributed by atoms with Gasteiger partial charge in [-0.3, -0.25) is 9.69 Å². The fraction of sp³-hybridized carbons (Fsp3) is 0.552. The van der Waals surface area contributed by atoms with Crippen molar-refractivity contribution < 1.29 is 14.3 Å². The molecular weight excluding hydrogens is 424 g/mol. The molecule has 4 rings (SSSR count). The van der Waals surface area contributed by atoms with Gasteiger partial charge in [0.05, 0.1) is 13.2 Å². The van der Waals surface area contributed by atoms with Crippen molar-refractivity contribution in [2.75, 3.05) is 46.5 Å². The zero-order valence-corrected chi connectivity index (χ0v) is 21.1. The molecule has 1 spiro atoms. The molecule has 0 saturated carbocycles. The normalized spacial score (nSPS) is 20.3. The number of ether oxygens (including phenoxy) is 2. The van der Waals surface area contributed by atoms with Gasteiger partial charge >= 0.3 is 0 Å². The van der Waals surface area contributed by atoms with Crippen molar-refractivity contribution in [2.45, 2.75) is 52.5 Å². The maximum absolute atomic E-state index is 13.4. The van der Waals surface area contributed by atoms with Crippen molar-refractivity contribution in [3.8, 4) is 5.75 Å². The summed E-state index contributed by atoms with van der Waals surface area (Å²) >= 11 is 0. The maximum atomic E-state index is 13.4. The number of aryl methyl sites for hydroxylation is 2. The van der Waals surface area contributed by atoms with Crippen LogP contribution in [0.2, 0.25) is 0 Å². The SMILES string of the molecule is Cc1cccc(C)c1C(=O)N1CCC2(CCCCOCCN(C)Cc3ccccc3OC2)CC1. The van der Waals surface area contributed by atoms with Gasteiger partial charge in [0.25, 0.3) is 5.91 Å². The lowest BCUT2D eigenvalue weighted by molar-refractivity contribution is 0.0332. The van der Waals surface area contributed by atoms with Gasteiger partial charge < -0.3 is 14.4 Å². The fourth-order valence-corrected chi connectivity index (χ4v) is 5.36. The van der Waals surface area contributed by atoms with Gasteiger partial charge in [0, 0.05) is 49.3 Å². The lowest BCUT2D eigenvalue weighted by atomic mass is 9.75. The molecule has 0 N–H and O–H groups in total. The van der Waals surface area contributed by atoms with Gasteiger partial charge in [-0.25, -0.2) is 0 Å². The molecule has 0 bridgehead atoms. The molecule has 1 saturated heterocycles. The standard InChI is InChI=1S/C29H40N2O3/c1-23-9-8-10-24(2)27(23)28(32)31-16-14-29(15-17-31)13-6-7-19-33-20-18-30(3)21-25-11-4-5-12-26(25)34-22-29/h4-5,8-12H,6-7,13-22H2,1-3H3. The molecule has 0 radical (unpaired) electrons. The number of para-hydroxylation sites is 1. The van der Waals surface area contributed by atoms with Gasteiger partial charge in [-0.1, -0.05) is 42.8 Å². The molecule has 5 nitrogen and oxygen atoms in total. The van der Waals surface area contributed by atoms with Crippen LogP contribution in [-0.2, 0) is 11.3 Å². The molecule has 2 aliphatic heterocycles. The van der Waals surface area contributed by atoms with Crippen LogP contribution in [0.25, 0.3) is 0 Å². The van der Waals surface area contributed by atoms with E-state index in [1.165, 1.54) is 5.56 Å². The molecule has 0 aromatic heterocycles. The Morgan fingerprint density at radius 3 is 2.38 bits per heavy atom. The highest BCUT2D eigenvalue weighted by atomic mass is 16.5. The van der Waals surface area contributed by atoms with E-state index in [1.54, 1.807) is 0 Å². The number of fused-ring (bicyclic) bond motifs is 1. The van der Waals surface area contributed by atoms with Gasteiger partial charge in [0.1, 0.15) is 5.75 Å². The van der Waals surface area contributed by atoms with Crippen LogP contribution in [0, 0.1) is 19.3 Å². The second kappa shape index (κ2) is 11.4. The van der Waals surface area contributed by atoms with E-state index in [2.05, 4.69) is 41.1 Å². The van der Waals surface area contributed by atoms with E-state index in [-0.39, 0.29) is 11.3 Å². The number of hydrogen-bond donors (Lipinski definition) is 0. The highest BCUT2D eigenvalue weighted by Gasteiger charge is 2.37.